The average Bonchev–Trinajstić information content (AvgIpc) is 3.20. The molecule has 0 saturated carbocycles. The second kappa shape index (κ2) is 6.89. The maximum absolute atomic E-state index is 5.63. The fourth-order valence-corrected chi connectivity index (χ4v) is 2.83. The van der Waals surface area contributed by atoms with E-state index in [2.05, 4.69) is 30.5 Å². The zero-order chi connectivity index (χ0) is 14.5. The van der Waals surface area contributed by atoms with Crippen molar-refractivity contribution in [2.45, 2.75) is 38.2 Å². The second-order valence-corrected chi connectivity index (χ2v) is 5.58. The highest BCUT2D eigenvalue weighted by molar-refractivity contribution is 5.44. The van der Waals surface area contributed by atoms with E-state index in [1.807, 2.05) is 7.05 Å². The Labute approximate surface area is 125 Å². The summed E-state index contributed by atoms with van der Waals surface area (Å²) in [5.74, 6) is 2.03. The fourth-order valence-electron chi connectivity index (χ4n) is 2.83. The number of ether oxygens (including phenoxy) is 1. The van der Waals surface area contributed by atoms with Crippen LogP contribution in [0.25, 0.3) is 0 Å². The molecule has 21 heavy (non-hydrogen) atoms. The third-order valence-electron chi connectivity index (χ3n) is 4.01. The normalized spacial score (nSPS) is 21.8. The number of nitrogens with zero attached hydrogens (tertiary/aromatic N) is 4. The first-order valence-electron chi connectivity index (χ1n) is 7.89. The monoisotopic (exact) mass is 292 g/mol. The van der Waals surface area contributed by atoms with Crippen LogP contribution in [0.1, 0.15) is 32.1 Å². The Bertz CT molecular complexity index is 457. The summed E-state index contributed by atoms with van der Waals surface area (Å²) in [4.78, 5) is 15.6. The van der Waals surface area contributed by atoms with Crippen LogP contribution in [0.15, 0.2) is 0 Å². The molecule has 0 radical (unpaired) electrons. The lowest BCUT2D eigenvalue weighted by atomic mass is 10.2. The van der Waals surface area contributed by atoms with Crippen LogP contribution in [0, 0.1) is 0 Å². The summed E-state index contributed by atoms with van der Waals surface area (Å²) >= 11 is 0. The van der Waals surface area contributed by atoms with Crippen molar-refractivity contribution in [1.29, 1.82) is 0 Å². The lowest BCUT2D eigenvalue weighted by molar-refractivity contribution is 0.107. The van der Waals surface area contributed by atoms with Gasteiger partial charge in [0, 0.05) is 33.3 Å². The van der Waals surface area contributed by atoms with Crippen LogP contribution in [0.4, 0.5) is 17.8 Å². The number of hydrogen-bond donors (Lipinski definition) is 2. The molecule has 0 amide bonds. The molecule has 0 bridgehead atoms. The smallest absolute Gasteiger partial charge is 0.231 e. The summed E-state index contributed by atoms with van der Waals surface area (Å²) in [7, 11) is 1.83. The minimum absolute atomic E-state index is 0.390. The summed E-state index contributed by atoms with van der Waals surface area (Å²) in [5, 5.41) is 6.31. The van der Waals surface area contributed by atoms with Crippen molar-refractivity contribution in [2.75, 3.05) is 48.8 Å². The maximum atomic E-state index is 5.63. The molecule has 0 spiro atoms. The first-order valence-corrected chi connectivity index (χ1v) is 7.89. The van der Waals surface area contributed by atoms with Gasteiger partial charge in [0.2, 0.25) is 17.8 Å². The molecule has 116 valence electrons. The van der Waals surface area contributed by atoms with E-state index >= 15 is 0 Å². The summed E-state index contributed by atoms with van der Waals surface area (Å²) in [5.41, 5.74) is 0. The third-order valence-corrected chi connectivity index (χ3v) is 4.01. The highest BCUT2D eigenvalue weighted by Crippen LogP contribution is 2.19. The van der Waals surface area contributed by atoms with Gasteiger partial charge in [0.25, 0.3) is 0 Å². The predicted molar refractivity (Wildman–Crippen MR) is 82.9 cm³/mol. The van der Waals surface area contributed by atoms with Gasteiger partial charge in [-0.3, -0.25) is 0 Å². The molecule has 7 heteroatoms. The van der Waals surface area contributed by atoms with E-state index in [0.29, 0.717) is 18.0 Å². The lowest BCUT2D eigenvalue weighted by Gasteiger charge is -2.17. The number of rotatable bonds is 6. The van der Waals surface area contributed by atoms with E-state index < -0.39 is 0 Å². The molecular weight excluding hydrogens is 268 g/mol. The van der Waals surface area contributed by atoms with Crippen molar-refractivity contribution >= 4 is 17.8 Å². The molecule has 2 fully saturated rings. The first-order chi connectivity index (χ1) is 10.3. The molecule has 0 aromatic carbocycles. The summed E-state index contributed by atoms with van der Waals surface area (Å²) in [6.07, 6.45) is 6.16. The average molecular weight is 292 g/mol. The number of anilines is 3. The first kappa shape index (κ1) is 14.3. The lowest BCUT2D eigenvalue weighted by Crippen LogP contribution is -2.22. The zero-order valence-corrected chi connectivity index (χ0v) is 12.6. The van der Waals surface area contributed by atoms with Crippen LogP contribution in [-0.2, 0) is 4.74 Å². The van der Waals surface area contributed by atoms with Gasteiger partial charge < -0.3 is 20.3 Å². The van der Waals surface area contributed by atoms with Gasteiger partial charge in [0.05, 0.1) is 6.10 Å². The molecular formula is C14H24N6O. The maximum Gasteiger partial charge on any atom is 0.231 e. The topological polar surface area (TPSA) is 75.2 Å². The molecule has 2 saturated heterocycles. The number of aromatic nitrogens is 3. The van der Waals surface area contributed by atoms with E-state index in [-0.39, 0.29) is 0 Å². The van der Waals surface area contributed by atoms with E-state index in [1.165, 1.54) is 25.7 Å². The van der Waals surface area contributed by atoms with E-state index in [4.69, 9.17) is 4.74 Å². The SMILES string of the molecule is CNc1nc(NCCC2CCCO2)nc(N2CCCC2)n1. The Morgan fingerprint density at radius 1 is 1.14 bits per heavy atom. The van der Waals surface area contributed by atoms with Gasteiger partial charge in [0.15, 0.2) is 0 Å². The molecule has 3 heterocycles. The van der Waals surface area contributed by atoms with E-state index in [0.717, 1.165) is 38.6 Å². The summed E-state index contributed by atoms with van der Waals surface area (Å²) in [6.45, 7) is 3.79. The molecule has 1 unspecified atom stereocenters. The van der Waals surface area contributed by atoms with Crippen LogP contribution < -0.4 is 15.5 Å². The van der Waals surface area contributed by atoms with Gasteiger partial charge in [-0.2, -0.15) is 15.0 Å². The standard InChI is InChI=1S/C14H24N6O/c1-15-12-17-13(16-7-6-11-5-4-10-21-11)19-14(18-12)20-8-2-3-9-20/h11H,2-10H2,1H3,(H2,15,16,17,18,19). The van der Waals surface area contributed by atoms with Gasteiger partial charge >= 0.3 is 0 Å². The molecule has 2 aliphatic rings. The van der Waals surface area contributed by atoms with Crippen molar-refractivity contribution in [3.05, 3.63) is 0 Å². The fraction of sp³-hybridized carbons (Fsp3) is 0.786. The van der Waals surface area contributed by atoms with Crippen molar-refractivity contribution in [2.24, 2.45) is 0 Å². The Morgan fingerprint density at radius 3 is 2.67 bits per heavy atom. The Hall–Kier alpha value is -1.63. The van der Waals surface area contributed by atoms with Gasteiger partial charge in [-0.25, -0.2) is 0 Å². The molecule has 3 rings (SSSR count). The van der Waals surface area contributed by atoms with Crippen LogP contribution in [0.2, 0.25) is 0 Å². The highest BCUT2D eigenvalue weighted by atomic mass is 16.5. The summed E-state index contributed by atoms with van der Waals surface area (Å²) in [6, 6.07) is 0. The van der Waals surface area contributed by atoms with Crippen molar-refractivity contribution in [1.82, 2.24) is 15.0 Å². The van der Waals surface area contributed by atoms with Crippen LogP contribution >= 0.6 is 0 Å². The molecule has 2 aliphatic heterocycles. The molecule has 0 aliphatic carbocycles. The third kappa shape index (κ3) is 3.72. The molecule has 1 atom stereocenters. The Morgan fingerprint density at radius 2 is 1.95 bits per heavy atom. The molecule has 2 N–H and O–H groups in total. The summed E-state index contributed by atoms with van der Waals surface area (Å²) < 4.78 is 5.63. The molecule has 1 aromatic heterocycles. The van der Waals surface area contributed by atoms with Crippen molar-refractivity contribution in [3.63, 3.8) is 0 Å². The van der Waals surface area contributed by atoms with Crippen LogP contribution in [0.3, 0.4) is 0 Å². The van der Waals surface area contributed by atoms with Gasteiger partial charge in [-0.05, 0) is 32.1 Å². The molecule has 7 nitrogen and oxygen atoms in total. The number of nitrogens with one attached hydrogen (secondary N) is 2. The second-order valence-electron chi connectivity index (χ2n) is 5.58. The van der Waals surface area contributed by atoms with Gasteiger partial charge in [0.1, 0.15) is 0 Å². The molecule has 1 aromatic rings. The minimum Gasteiger partial charge on any atom is -0.378 e. The van der Waals surface area contributed by atoms with Crippen LogP contribution in [-0.4, -0.2) is 54.3 Å². The predicted octanol–water partition coefficient (Wildman–Crippen LogP) is 1.49. The van der Waals surface area contributed by atoms with Gasteiger partial charge in [-0.1, -0.05) is 0 Å². The highest BCUT2D eigenvalue weighted by Gasteiger charge is 2.18. The van der Waals surface area contributed by atoms with Gasteiger partial charge in [-0.15, -0.1) is 0 Å². The quantitative estimate of drug-likeness (QED) is 0.822. The number of hydrogen-bond acceptors (Lipinski definition) is 7. The van der Waals surface area contributed by atoms with E-state index in [9.17, 15) is 0 Å². The minimum atomic E-state index is 0.390. The Kier molecular flexibility index (Phi) is 4.69. The van der Waals surface area contributed by atoms with Crippen molar-refractivity contribution < 1.29 is 4.74 Å². The van der Waals surface area contributed by atoms with Crippen molar-refractivity contribution in [3.8, 4) is 0 Å². The Balaban J connectivity index is 1.61. The van der Waals surface area contributed by atoms with E-state index in [1.54, 1.807) is 0 Å². The largest absolute Gasteiger partial charge is 0.378 e. The van der Waals surface area contributed by atoms with Crippen LogP contribution in [0.5, 0.6) is 0 Å². The zero-order valence-electron chi connectivity index (χ0n) is 12.6.